The minimum atomic E-state index is -4.95. The second kappa shape index (κ2) is 9.37. The first kappa shape index (κ1) is 24.8. The van der Waals surface area contributed by atoms with Gasteiger partial charge in [0, 0.05) is 29.7 Å². The number of methoxy groups -OCH3 is 1. The second-order valence-corrected chi connectivity index (χ2v) is 8.14. The van der Waals surface area contributed by atoms with E-state index in [1.54, 1.807) is 38.1 Å². The smallest absolute Gasteiger partial charge is 0.507 e. The molecular formula is C26H21F3N2O5. The fraction of sp³-hybridized carbons (Fsp3) is 0.192. The van der Waals surface area contributed by atoms with E-state index in [1.807, 2.05) is 0 Å². The van der Waals surface area contributed by atoms with Crippen molar-refractivity contribution < 1.29 is 37.3 Å². The summed E-state index contributed by atoms with van der Waals surface area (Å²) in [4.78, 5) is 31.5. The number of alkyl halides is 3. The molecule has 2 heterocycles. The maximum Gasteiger partial charge on any atom is 0.573 e. The zero-order chi connectivity index (χ0) is 26.2. The first-order valence-corrected chi connectivity index (χ1v) is 10.7. The molecule has 1 amide bonds. The molecule has 1 saturated heterocycles. The topological polar surface area (TPSA) is 89.0 Å². The number of carbonyl (C=O) groups excluding carboxylic acids is 2. The van der Waals surface area contributed by atoms with E-state index in [0.717, 1.165) is 17.0 Å². The Bertz CT molecular complexity index is 1370. The molecule has 2 aromatic carbocycles. The highest BCUT2D eigenvalue weighted by molar-refractivity contribution is 6.51. The number of ether oxygens (including phenoxy) is 2. The Morgan fingerprint density at radius 2 is 1.81 bits per heavy atom. The number of hydrogen-bond donors (Lipinski definition) is 1. The van der Waals surface area contributed by atoms with Crippen LogP contribution in [0.4, 0.5) is 18.9 Å². The van der Waals surface area contributed by atoms with Crippen LogP contribution in [0.25, 0.3) is 5.76 Å². The number of Topliss-reactive ketones (excluding diaryl/α,β-unsaturated/α-hetero) is 1. The van der Waals surface area contributed by atoms with Gasteiger partial charge in [0.1, 0.15) is 17.3 Å². The van der Waals surface area contributed by atoms with Crippen molar-refractivity contribution in [3.63, 3.8) is 0 Å². The lowest BCUT2D eigenvalue weighted by atomic mass is 9.93. The molecule has 3 aromatic rings. The third-order valence-corrected chi connectivity index (χ3v) is 5.77. The molecule has 1 fully saturated rings. The molecule has 186 valence electrons. The monoisotopic (exact) mass is 498 g/mol. The summed E-state index contributed by atoms with van der Waals surface area (Å²) < 4.78 is 47.7. The van der Waals surface area contributed by atoms with Gasteiger partial charge in [-0.2, -0.15) is 0 Å². The van der Waals surface area contributed by atoms with Crippen LogP contribution in [0.5, 0.6) is 11.5 Å². The van der Waals surface area contributed by atoms with Gasteiger partial charge in [-0.25, -0.2) is 0 Å². The third kappa shape index (κ3) is 4.61. The first-order valence-electron chi connectivity index (χ1n) is 10.7. The highest BCUT2D eigenvalue weighted by Gasteiger charge is 2.47. The van der Waals surface area contributed by atoms with Gasteiger partial charge in [-0.1, -0.05) is 12.1 Å². The van der Waals surface area contributed by atoms with Gasteiger partial charge < -0.3 is 14.6 Å². The molecule has 0 aliphatic carbocycles. The summed E-state index contributed by atoms with van der Waals surface area (Å²) in [6, 6.07) is 10.1. The number of aliphatic hydroxyl groups excluding tert-OH is 1. The minimum Gasteiger partial charge on any atom is -0.507 e. The molecule has 1 atom stereocenters. The van der Waals surface area contributed by atoms with Crippen molar-refractivity contribution in [2.45, 2.75) is 26.3 Å². The number of pyridine rings is 1. The largest absolute Gasteiger partial charge is 0.573 e. The van der Waals surface area contributed by atoms with Crippen molar-refractivity contribution in [2.24, 2.45) is 0 Å². The number of aliphatic hydroxyl groups is 1. The van der Waals surface area contributed by atoms with Crippen molar-refractivity contribution in [2.75, 3.05) is 12.0 Å². The van der Waals surface area contributed by atoms with E-state index in [2.05, 4.69) is 9.72 Å². The van der Waals surface area contributed by atoms with E-state index in [0.29, 0.717) is 28.0 Å². The Kier molecular flexibility index (Phi) is 6.45. The predicted octanol–water partition coefficient (Wildman–Crippen LogP) is 5.23. The van der Waals surface area contributed by atoms with Gasteiger partial charge in [0.15, 0.2) is 0 Å². The lowest BCUT2D eigenvalue weighted by Crippen LogP contribution is -2.29. The Balaban J connectivity index is 1.92. The summed E-state index contributed by atoms with van der Waals surface area (Å²) in [6.07, 6.45) is -2.04. The van der Waals surface area contributed by atoms with Gasteiger partial charge in [0.05, 0.1) is 18.7 Å². The van der Waals surface area contributed by atoms with Gasteiger partial charge in [-0.15, -0.1) is 13.2 Å². The van der Waals surface area contributed by atoms with E-state index in [1.165, 1.54) is 31.6 Å². The third-order valence-electron chi connectivity index (χ3n) is 5.77. The number of carbonyl (C=O) groups is 2. The average Bonchev–Trinajstić information content (AvgIpc) is 3.10. The Hall–Kier alpha value is -4.34. The molecule has 1 aromatic heterocycles. The van der Waals surface area contributed by atoms with Crippen LogP contribution in [0.3, 0.4) is 0 Å². The zero-order valence-electron chi connectivity index (χ0n) is 19.5. The molecule has 4 rings (SSSR count). The summed E-state index contributed by atoms with van der Waals surface area (Å²) in [5.74, 6) is -2.41. The quantitative estimate of drug-likeness (QED) is 0.294. The van der Waals surface area contributed by atoms with Crippen LogP contribution in [-0.2, 0) is 9.59 Å². The summed E-state index contributed by atoms with van der Waals surface area (Å²) in [6.45, 7) is 3.47. The van der Waals surface area contributed by atoms with Crippen LogP contribution < -0.4 is 14.4 Å². The molecule has 0 spiro atoms. The van der Waals surface area contributed by atoms with Crippen molar-refractivity contribution in [3.05, 3.63) is 88.8 Å². The zero-order valence-corrected chi connectivity index (χ0v) is 19.5. The van der Waals surface area contributed by atoms with Crippen LogP contribution in [0, 0.1) is 13.8 Å². The number of aryl methyl sites for hydroxylation is 2. The highest BCUT2D eigenvalue weighted by atomic mass is 19.4. The second-order valence-electron chi connectivity index (χ2n) is 8.14. The summed E-state index contributed by atoms with van der Waals surface area (Å²) in [5, 5.41) is 11.3. The van der Waals surface area contributed by atoms with Crippen molar-refractivity contribution in [1.29, 1.82) is 0 Å². The maximum absolute atomic E-state index is 13.3. The number of aromatic nitrogens is 1. The van der Waals surface area contributed by atoms with E-state index < -0.39 is 35.6 Å². The summed E-state index contributed by atoms with van der Waals surface area (Å²) >= 11 is 0. The number of hydrogen-bond acceptors (Lipinski definition) is 6. The van der Waals surface area contributed by atoms with E-state index in [-0.39, 0.29) is 11.3 Å². The van der Waals surface area contributed by atoms with Crippen molar-refractivity contribution in [1.82, 2.24) is 4.98 Å². The molecule has 10 heteroatoms. The van der Waals surface area contributed by atoms with Gasteiger partial charge in [-0.05, 0) is 60.9 Å². The fourth-order valence-electron chi connectivity index (χ4n) is 4.19. The van der Waals surface area contributed by atoms with Crippen LogP contribution >= 0.6 is 0 Å². The molecule has 1 N–H and O–H groups in total. The molecule has 7 nitrogen and oxygen atoms in total. The molecule has 1 unspecified atom stereocenters. The van der Waals surface area contributed by atoms with Gasteiger partial charge in [0.25, 0.3) is 11.7 Å². The SMILES string of the molecule is COc1cc(C)c(/C(O)=C2\C(=O)C(=O)N(c3cccc(OC(F)(F)F)c3)C2c2cccnc2)cc1C. The number of rotatable bonds is 5. The molecule has 1 aliphatic heterocycles. The number of halogens is 3. The standard InChI is InChI=1S/C26H21F3N2O5/c1-14-11-20(35-3)15(2)10-19(14)23(32)21-22(16-6-5-9-30-13-16)31(25(34)24(21)33)17-7-4-8-18(12-17)36-26(27,28)29/h4-13,22,32H,1-3H3/b23-21+. The van der Waals surface area contributed by atoms with Crippen LogP contribution in [0.2, 0.25) is 0 Å². The fourth-order valence-corrected chi connectivity index (χ4v) is 4.19. The molecule has 0 radical (unpaired) electrons. The van der Waals surface area contributed by atoms with Crippen molar-refractivity contribution in [3.8, 4) is 11.5 Å². The highest BCUT2D eigenvalue weighted by Crippen LogP contribution is 2.43. The van der Waals surface area contributed by atoms with Crippen LogP contribution in [0.1, 0.15) is 28.3 Å². The molecule has 1 aliphatic rings. The van der Waals surface area contributed by atoms with E-state index >= 15 is 0 Å². The maximum atomic E-state index is 13.3. The lowest BCUT2D eigenvalue weighted by Gasteiger charge is -2.25. The lowest BCUT2D eigenvalue weighted by molar-refractivity contribution is -0.274. The Labute approximate surface area is 204 Å². The molecule has 0 saturated carbocycles. The first-order chi connectivity index (χ1) is 17.0. The number of ketones is 1. The van der Waals surface area contributed by atoms with Gasteiger partial charge >= 0.3 is 6.36 Å². The van der Waals surface area contributed by atoms with E-state index in [9.17, 15) is 27.9 Å². The summed E-state index contributed by atoms with van der Waals surface area (Å²) in [5.41, 5.74) is 1.73. The summed E-state index contributed by atoms with van der Waals surface area (Å²) in [7, 11) is 1.51. The van der Waals surface area contributed by atoms with Crippen LogP contribution in [-0.4, -0.2) is 35.3 Å². The predicted molar refractivity (Wildman–Crippen MR) is 125 cm³/mol. The Morgan fingerprint density at radius 3 is 2.44 bits per heavy atom. The number of nitrogens with zero attached hydrogens (tertiary/aromatic N) is 2. The Morgan fingerprint density at radius 1 is 1.06 bits per heavy atom. The molecular weight excluding hydrogens is 477 g/mol. The number of amides is 1. The number of anilines is 1. The average molecular weight is 498 g/mol. The van der Waals surface area contributed by atoms with Crippen LogP contribution in [0.15, 0.2) is 66.5 Å². The molecule has 0 bridgehead atoms. The van der Waals surface area contributed by atoms with Gasteiger partial charge in [-0.3, -0.25) is 19.5 Å². The minimum absolute atomic E-state index is 0.0191. The normalized spacial score (nSPS) is 17.4. The van der Waals surface area contributed by atoms with Crippen molar-refractivity contribution >= 4 is 23.1 Å². The van der Waals surface area contributed by atoms with E-state index in [4.69, 9.17) is 4.74 Å². The van der Waals surface area contributed by atoms with Gasteiger partial charge in [0.2, 0.25) is 0 Å². The number of benzene rings is 2. The molecule has 36 heavy (non-hydrogen) atoms.